The van der Waals surface area contributed by atoms with Gasteiger partial charge in [0.2, 0.25) is 0 Å². The predicted octanol–water partition coefficient (Wildman–Crippen LogP) is 4.25. The normalized spacial score (nSPS) is 47.6. The standard InChI is InChI=1S/C27H44O6/c1-16(6-9-24(30)32-5)20-11-13-27(31)21-8-7-18-14-19(33-17(2)28)10-12-25(18,3)22(21)15-23(29)26(20,27)4/h16,18-23,29,31H,6-15H2,1-5H3/t16-,18-,19-,20?,21?,22+,23+,25+,26+,27-/m1/s1. The van der Waals surface area contributed by atoms with Gasteiger partial charge in [-0.05, 0) is 92.8 Å². The summed E-state index contributed by atoms with van der Waals surface area (Å²) in [6.45, 7) is 8.13. The van der Waals surface area contributed by atoms with Gasteiger partial charge in [-0.2, -0.15) is 0 Å². The molecule has 10 atom stereocenters. The van der Waals surface area contributed by atoms with Crippen LogP contribution in [0.1, 0.15) is 91.9 Å². The Morgan fingerprint density at radius 3 is 2.45 bits per heavy atom. The summed E-state index contributed by atoms with van der Waals surface area (Å²) in [5, 5.41) is 24.0. The third-order valence-electron chi connectivity index (χ3n) is 11.0. The van der Waals surface area contributed by atoms with Crippen LogP contribution in [0.15, 0.2) is 0 Å². The van der Waals surface area contributed by atoms with Crippen molar-refractivity contribution in [1.29, 1.82) is 0 Å². The third kappa shape index (κ3) is 3.84. The largest absolute Gasteiger partial charge is 0.469 e. The van der Waals surface area contributed by atoms with Crippen LogP contribution in [0, 0.1) is 40.4 Å². The van der Waals surface area contributed by atoms with E-state index < -0.39 is 17.1 Å². The molecule has 0 bridgehead atoms. The number of aliphatic hydroxyl groups is 2. The van der Waals surface area contributed by atoms with Crippen LogP contribution in [0.5, 0.6) is 0 Å². The molecule has 33 heavy (non-hydrogen) atoms. The zero-order chi connectivity index (χ0) is 24.2. The summed E-state index contributed by atoms with van der Waals surface area (Å²) >= 11 is 0. The summed E-state index contributed by atoms with van der Waals surface area (Å²) < 4.78 is 10.4. The van der Waals surface area contributed by atoms with Crippen LogP contribution in [0.4, 0.5) is 0 Å². The molecule has 0 radical (unpaired) electrons. The Morgan fingerprint density at radius 2 is 1.79 bits per heavy atom. The number of ether oxygens (including phenoxy) is 2. The maximum absolute atomic E-state index is 12.3. The molecule has 4 fully saturated rings. The van der Waals surface area contributed by atoms with Crippen LogP contribution < -0.4 is 0 Å². The first-order chi connectivity index (χ1) is 15.5. The van der Waals surface area contributed by atoms with Crippen LogP contribution >= 0.6 is 0 Å². The lowest BCUT2D eigenvalue weighted by Gasteiger charge is -2.65. The molecule has 6 heteroatoms. The highest BCUT2D eigenvalue weighted by molar-refractivity contribution is 5.69. The molecule has 0 saturated heterocycles. The monoisotopic (exact) mass is 464 g/mol. The van der Waals surface area contributed by atoms with Gasteiger partial charge in [-0.1, -0.05) is 20.8 Å². The van der Waals surface area contributed by atoms with E-state index in [1.54, 1.807) is 0 Å². The van der Waals surface area contributed by atoms with E-state index in [0.29, 0.717) is 12.3 Å². The van der Waals surface area contributed by atoms with Crippen molar-refractivity contribution in [3.8, 4) is 0 Å². The van der Waals surface area contributed by atoms with Gasteiger partial charge in [-0.15, -0.1) is 0 Å². The number of fused-ring (bicyclic) bond motifs is 5. The molecular weight excluding hydrogens is 420 g/mol. The van der Waals surface area contributed by atoms with Gasteiger partial charge in [0.1, 0.15) is 6.10 Å². The number of aliphatic hydroxyl groups excluding tert-OH is 1. The van der Waals surface area contributed by atoms with E-state index in [4.69, 9.17) is 9.47 Å². The molecule has 4 rings (SSSR count). The molecule has 2 N–H and O–H groups in total. The van der Waals surface area contributed by atoms with Gasteiger partial charge in [0.15, 0.2) is 0 Å². The van der Waals surface area contributed by atoms with Crippen molar-refractivity contribution in [2.75, 3.05) is 7.11 Å². The van der Waals surface area contributed by atoms with Crippen LogP contribution in [0.25, 0.3) is 0 Å². The lowest BCUT2D eigenvalue weighted by Crippen LogP contribution is -2.67. The van der Waals surface area contributed by atoms with Crippen LogP contribution in [0.3, 0.4) is 0 Å². The summed E-state index contributed by atoms with van der Waals surface area (Å²) in [5.41, 5.74) is -1.37. The van der Waals surface area contributed by atoms with Crippen LogP contribution in [-0.2, 0) is 19.1 Å². The second-order valence-corrected chi connectivity index (χ2v) is 12.2. The van der Waals surface area contributed by atoms with Crippen molar-refractivity contribution in [3.05, 3.63) is 0 Å². The molecule has 4 aliphatic carbocycles. The molecular formula is C27H44O6. The molecule has 6 nitrogen and oxygen atoms in total. The van der Waals surface area contributed by atoms with E-state index in [9.17, 15) is 19.8 Å². The number of carbonyl (C=O) groups excluding carboxylic acids is 2. The number of hydrogen-bond acceptors (Lipinski definition) is 6. The second kappa shape index (κ2) is 8.82. The molecule has 0 heterocycles. The Kier molecular flexibility index (Phi) is 6.67. The Hall–Kier alpha value is -1.14. The van der Waals surface area contributed by atoms with Gasteiger partial charge in [-0.25, -0.2) is 0 Å². The first-order valence-corrected chi connectivity index (χ1v) is 13.1. The molecule has 0 spiro atoms. The summed E-state index contributed by atoms with van der Waals surface area (Å²) in [7, 11) is 1.42. The van der Waals surface area contributed by atoms with Crippen molar-refractivity contribution < 1.29 is 29.3 Å². The van der Waals surface area contributed by atoms with E-state index in [2.05, 4.69) is 20.8 Å². The first kappa shape index (κ1) is 25.0. The first-order valence-electron chi connectivity index (χ1n) is 13.1. The summed E-state index contributed by atoms with van der Waals surface area (Å²) in [6.07, 6.45) is 7.68. The topological polar surface area (TPSA) is 93.1 Å². The fourth-order valence-corrected chi connectivity index (χ4v) is 9.10. The number of esters is 2. The molecule has 0 aromatic rings. The van der Waals surface area contributed by atoms with Crippen LogP contribution in [0.2, 0.25) is 0 Å². The number of hydrogen-bond donors (Lipinski definition) is 2. The molecule has 0 aliphatic heterocycles. The number of rotatable bonds is 5. The highest BCUT2D eigenvalue weighted by Crippen LogP contribution is 2.70. The van der Waals surface area contributed by atoms with Gasteiger partial charge in [0, 0.05) is 18.8 Å². The smallest absolute Gasteiger partial charge is 0.305 e. The van der Waals surface area contributed by atoms with Crippen molar-refractivity contribution in [2.24, 2.45) is 40.4 Å². The highest BCUT2D eigenvalue weighted by Gasteiger charge is 2.70. The summed E-state index contributed by atoms with van der Waals surface area (Å²) in [5.74, 6) is 0.970. The van der Waals surface area contributed by atoms with Crippen LogP contribution in [-0.4, -0.2) is 47.1 Å². The zero-order valence-corrected chi connectivity index (χ0v) is 21.1. The van der Waals surface area contributed by atoms with Gasteiger partial charge < -0.3 is 19.7 Å². The molecule has 0 amide bonds. The summed E-state index contributed by atoms with van der Waals surface area (Å²) in [4.78, 5) is 23.2. The molecule has 0 aromatic carbocycles. The Labute approximate surface area is 198 Å². The van der Waals surface area contributed by atoms with E-state index in [1.165, 1.54) is 14.0 Å². The minimum Gasteiger partial charge on any atom is -0.469 e. The maximum Gasteiger partial charge on any atom is 0.305 e. The fourth-order valence-electron chi connectivity index (χ4n) is 9.10. The van der Waals surface area contributed by atoms with Gasteiger partial charge in [-0.3, -0.25) is 9.59 Å². The van der Waals surface area contributed by atoms with Crippen molar-refractivity contribution in [2.45, 2.75) is 110 Å². The van der Waals surface area contributed by atoms with E-state index in [-0.39, 0.29) is 47.1 Å². The minimum absolute atomic E-state index is 0.00510. The maximum atomic E-state index is 12.3. The van der Waals surface area contributed by atoms with Gasteiger partial charge >= 0.3 is 11.9 Å². The van der Waals surface area contributed by atoms with Gasteiger partial charge in [0.05, 0.1) is 18.8 Å². The van der Waals surface area contributed by atoms with Crippen molar-refractivity contribution in [3.63, 3.8) is 0 Å². The molecule has 188 valence electrons. The molecule has 4 saturated carbocycles. The number of carbonyl (C=O) groups is 2. The molecule has 2 unspecified atom stereocenters. The lowest BCUT2D eigenvalue weighted by molar-refractivity contribution is -0.250. The Morgan fingerprint density at radius 1 is 1.06 bits per heavy atom. The highest BCUT2D eigenvalue weighted by atomic mass is 16.5. The minimum atomic E-state index is -0.875. The molecule has 0 aromatic heterocycles. The zero-order valence-electron chi connectivity index (χ0n) is 21.1. The van der Waals surface area contributed by atoms with Crippen molar-refractivity contribution in [1.82, 2.24) is 0 Å². The van der Waals surface area contributed by atoms with Crippen molar-refractivity contribution >= 4 is 11.9 Å². The third-order valence-corrected chi connectivity index (χ3v) is 11.0. The lowest BCUT2D eigenvalue weighted by atomic mass is 9.42. The average molecular weight is 465 g/mol. The van der Waals surface area contributed by atoms with E-state index in [0.717, 1.165) is 57.8 Å². The second-order valence-electron chi connectivity index (χ2n) is 12.2. The Bertz CT molecular complexity index is 768. The van der Waals surface area contributed by atoms with Gasteiger partial charge in [0.25, 0.3) is 0 Å². The van der Waals surface area contributed by atoms with E-state index in [1.807, 2.05) is 0 Å². The predicted molar refractivity (Wildman–Crippen MR) is 124 cm³/mol. The SMILES string of the molecule is COC(=O)CC[C@@H](C)C1CC[C@@]2(O)C3CC[C@@H]4C[C@H](OC(C)=O)CC[C@]4(C)[C@H]3C[C@H](O)[C@]12C. The Balaban J connectivity index is 1.55. The van der Waals surface area contributed by atoms with E-state index >= 15 is 0 Å². The number of methoxy groups -OCH3 is 1. The quantitative estimate of drug-likeness (QED) is 0.591. The fraction of sp³-hybridized carbons (Fsp3) is 0.926. The summed E-state index contributed by atoms with van der Waals surface area (Å²) in [6, 6.07) is 0. The average Bonchev–Trinajstić information content (AvgIpc) is 3.05. The molecule has 4 aliphatic rings.